The van der Waals surface area contributed by atoms with Crippen LogP contribution in [-0.4, -0.2) is 37.2 Å². The van der Waals surface area contributed by atoms with Gasteiger partial charge in [-0.2, -0.15) is 0 Å². The van der Waals surface area contributed by atoms with Crippen molar-refractivity contribution in [3.63, 3.8) is 0 Å². The molecule has 2 saturated heterocycles. The minimum atomic E-state index is -0.750. The lowest BCUT2D eigenvalue weighted by Crippen LogP contribution is -2.39. The molecule has 0 saturated carbocycles. The Morgan fingerprint density at radius 3 is 2.95 bits per heavy atom. The minimum Gasteiger partial charge on any atom is -0.469 e. The van der Waals surface area contributed by atoms with Crippen molar-refractivity contribution in [1.82, 2.24) is 0 Å². The smallest absolute Gasteiger partial charge is 0.312 e. The maximum Gasteiger partial charge on any atom is 0.312 e. The van der Waals surface area contributed by atoms with Crippen LogP contribution in [0.1, 0.15) is 0 Å². The standard InChI is InChI=1S/C16H14ClNO4/c1-21-15(20)12-11-6-7-16(22-11)8-18(14(19)13(12)16)10-5-3-2-4-9(10)17/h2-7,11-13H,8H2,1H3. The highest BCUT2D eigenvalue weighted by atomic mass is 35.5. The molecule has 114 valence electrons. The molecule has 5 nitrogen and oxygen atoms in total. The normalized spacial score (nSPS) is 35.1. The van der Waals surface area contributed by atoms with Gasteiger partial charge in [-0.3, -0.25) is 9.59 Å². The third-order valence-electron chi connectivity index (χ3n) is 4.72. The summed E-state index contributed by atoms with van der Waals surface area (Å²) in [7, 11) is 1.33. The number of rotatable bonds is 2. The molecule has 1 amide bonds. The molecule has 1 aromatic rings. The van der Waals surface area contributed by atoms with Gasteiger partial charge in [-0.05, 0) is 12.1 Å². The Balaban J connectivity index is 1.75. The van der Waals surface area contributed by atoms with Gasteiger partial charge < -0.3 is 14.4 Å². The first-order chi connectivity index (χ1) is 10.6. The molecule has 6 heteroatoms. The minimum absolute atomic E-state index is 0.143. The topological polar surface area (TPSA) is 55.8 Å². The molecular formula is C16H14ClNO4. The van der Waals surface area contributed by atoms with E-state index in [4.69, 9.17) is 21.1 Å². The molecule has 4 unspecified atom stereocenters. The number of fused-ring (bicyclic) bond motifs is 1. The molecular weight excluding hydrogens is 306 g/mol. The van der Waals surface area contributed by atoms with Crippen LogP contribution in [0.2, 0.25) is 5.02 Å². The molecule has 4 atom stereocenters. The largest absolute Gasteiger partial charge is 0.469 e. The zero-order valence-electron chi connectivity index (χ0n) is 11.9. The van der Waals surface area contributed by atoms with Gasteiger partial charge in [-0.1, -0.05) is 35.9 Å². The van der Waals surface area contributed by atoms with Crippen molar-refractivity contribution < 1.29 is 19.1 Å². The maximum atomic E-state index is 12.9. The number of esters is 1. The fourth-order valence-corrected chi connectivity index (χ4v) is 4.02. The summed E-state index contributed by atoms with van der Waals surface area (Å²) in [5.41, 5.74) is -0.109. The summed E-state index contributed by atoms with van der Waals surface area (Å²) in [5.74, 6) is -1.69. The Kier molecular flexibility index (Phi) is 2.86. The molecule has 0 radical (unpaired) electrons. The molecule has 0 N–H and O–H groups in total. The Morgan fingerprint density at radius 2 is 2.23 bits per heavy atom. The Bertz CT molecular complexity index is 703. The van der Waals surface area contributed by atoms with Crippen LogP contribution in [-0.2, 0) is 19.1 Å². The first-order valence-electron chi connectivity index (χ1n) is 7.08. The summed E-state index contributed by atoms with van der Waals surface area (Å²) < 4.78 is 10.8. The first-order valence-corrected chi connectivity index (χ1v) is 7.46. The predicted molar refractivity (Wildman–Crippen MR) is 79.5 cm³/mol. The quantitative estimate of drug-likeness (QED) is 0.616. The highest BCUT2D eigenvalue weighted by Crippen LogP contribution is 2.53. The third kappa shape index (κ3) is 1.63. The summed E-state index contributed by atoms with van der Waals surface area (Å²) >= 11 is 6.21. The van der Waals surface area contributed by atoms with Crippen LogP contribution in [0.25, 0.3) is 0 Å². The molecule has 22 heavy (non-hydrogen) atoms. The number of carbonyl (C=O) groups is 2. The van der Waals surface area contributed by atoms with Crippen molar-refractivity contribution in [2.75, 3.05) is 18.6 Å². The van der Waals surface area contributed by atoms with E-state index in [1.54, 1.807) is 17.0 Å². The van der Waals surface area contributed by atoms with Crippen LogP contribution < -0.4 is 4.90 Å². The summed E-state index contributed by atoms with van der Waals surface area (Å²) in [5, 5.41) is 0.500. The fourth-order valence-electron chi connectivity index (χ4n) is 3.78. The zero-order valence-corrected chi connectivity index (χ0v) is 12.6. The monoisotopic (exact) mass is 319 g/mol. The van der Waals surface area contributed by atoms with E-state index in [2.05, 4.69) is 0 Å². The van der Waals surface area contributed by atoms with Crippen molar-refractivity contribution in [3.05, 3.63) is 41.4 Å². The van der Waals surface area contributed by atoms with Gasteiger partial charge in [0.1, 0.15) is 11.5 Å². The average Bonchev–Trinajstić information content (AvgIpc) is 3.15. The van der Waals surface area contributed by atoms with Gasteiger partial charge in [-0.25, -0.2) is 0 Å². The van der Waals surface area contributed by atoms with E-state index in [1.807, 2.05) is 24.3 Å². The number of methoxy groups -OCH3 is 1. The van der Waals surface area contributed by atoms with Crippen LogP contribution >= 0.6 is 11.6 Å². The van der Waals surface area contributed by atoms with Gasteiger partial charge in [0.2, 0.25) is 5.91 Å². The van der Waals surface area contributed by atoms with Crippen molar-refractivity contribution in [2.24, 2.45) is 11.8 Å². The van der Waals surface area contributed by atoms with Gasteiger partial charge in [0, 0.05) is 0 Å². The molecule has 1 aromatic carbocycles. The van der Waals surface area contributed by atoms with Crippen molar-refractivity contribution in [3.8, 4) is 0 Å². The number of nitrogens with zero attached hydrogens (tertiary/aromatic N) is 1. The zero-order chi connectivity index (χ0) is 15.5. The van der Waals surface area contributed by atoms with E-state index in [9.17, 15) is 9.59 Å². The Hall–Kier alpha value is -1.85. The Morgan fingerprint density at radius 1 is 1.45 bits per heavy atom. The van der Waals surface area contributed by atoms with E-state index in [1.165, 1.54) is 7.11 Å². The van der Waals surface area contributed by atoms with E-state index < -0.39 is 23.4 Å². The summed E-state index contributed by atoms with van der Waals surface area (Å²) in [6, 6.07) is 7.17. The number of hydrogen-bond acceptors (Lipinski definition) is 4. The van der Waals surface area contributed by atoms with Crippen molar-refractivity contribution in [2.45, 2.75) is 11.7 Å². The summed E-state index contributed by atoms with van der Waals surface area (Å²) in [6.45, 7) is 0.362. The molecule has 4 rings (SSSR count). The van der Waals surface area contributed by atoms with E-state index in [0.29, 0.717) is 17.3 Å². The molecule has 1 spiro atoms. The van der Waals surface area contributed by atoms with E-state index in [0.717, 1.165) is 0 Å². The number of ether oxygens (including phenoxy) is 2. The summed E-state index contributed by atoms with van der Waals surface area (Å²) in [6.07, 6.45) is 3.37. The molecule has 2 bridgehead atoms. The number of para-hydroxylation sites is 1. The lowest BCUT2D eigenvalue weighted by atomic mass is 9.77. The highest BCUT2D eigenvalue weighted by Gasteiger charge is 2.67. The second-order valence-electron chi connectivity index (χ2n) is 5.80. The molecule has 0 aliphatic carbocycles. The van der Waals surface area contributed by atoms with E-state index in [-0.39, 0.29) is 12.0 Å². The lowest BCUT2D eigenvalue weighted by Gasteiger charge is -2.22. The average molecular weight is 320 g/mol. The lowest BCUT2D eigenvalue weighted by molar-refractivity contribution is -0.149. The third-order valence-corrected chi connectivity index (χ3v) is 5.04. The van der Waals surface area contributed by atoms with Gasteiger partial charge in [0.15, 0.2) is 0 Å². The fraction of sp³-hybridized carbons (Fsp3) is 0.375. The van der Waals surface area contributed by atoms with Crippen LogP contribution in [0, 0.1) is 11.8 Å². The number of carbonyl (C=O) groups excluding carboxylic acids is 2. The van der Waals surface area contributed by atoms with E-state index >= 15 is 0 Å². The van der Waals surface area contributed by atoms with Gasteiger partial charge in [0.25, 0.3) is 0 Å². The number of amides is 1. The van der Waals surface area contributed by atoms with Gasteiger partial charge >= 0.3 is 5.97 Å². The summed E-state index contributed by atoms with van der Waals surface area (Å²) in [4.78, 5) is 26.6. The Labute approximate surface area is 132 Å². The number of benzene rings is 1. The second-order valence-corrected chi connectivity index (χ2v) is 6.21. The number of halogens is 1. The first kappa shape index (κ1) is 13.8. The SMILES string of the molecule is COC(=O)C1C2C=CC3(CN(c4ccccc4Cl)C(=O)C13)O2. The molecule has 2 fully saturated rings. The number of anilines is 1. The van der Waals surface area contributed by atoms with Gasteiger partial charge in [0.05, 0.1) is 36.4 Å². The van der Waals surface area contributed by atoms with Crippen molar-refractivity contribution >= 4 is 29.2 Å². The second kappa shape index (κ2) is 4.57. The van der Waals surface area contributed by atoms with Crippen LogP contribution in [0.15, 0.2) is 36.4 Å². The molecule has 3 aliphatic heterocycles. The maximum absolute atomic E-state index is 12.9. The number of hydrogen-bond donors (Lipinski definition) is 0. The molecule has 3 aliphatic rings. The van der Waals surface area contributed by atoms with Crippen LogP contribution in [0.5, 0.6) is 0 Å². The highest BCUT2D eigenvalue weighted by molar-refractivity contribution is 6.34. The molecule has 0 aromatic heterocycles. The van der Waals surface area contributed by atoms with Crippen LogP contribution in [0.3, 0.4) is 0 Å². The van der Waals surface area contributed by atoms with Gasteiger partial charge in [-0.15, -0.1) is 0 Å². The predicted octanol–water partition coefficient (Wildman–Crippen LogP) is 1.80. The molecule has 3 heterocycles. The van der Waals surface area contributed by atoms with Crippen LogP contribution in [0.4, 0.5) is 5.69 Å². The van der Waals surface area contributed by atoms with Crippen molar-refractivity contribution in [1.29, 1.82) is 0 Å².